The van der Waals surface area contributed by atoms with E-state index < -0.39 is 89.9 Å². The SMILES string of the molecule is CC(C)C1=C(O)C(=O)/C(=C\NC2CCC(S(=O)(=O)N=C(N)N)CC2)C2C1CC(C)C(C1C(C)CC3C(C(C)C)=C(O)C(=O)/C(=C/NC4CCC(S(=O)(=O)N=C(N)N)CC4)C3C1O)C2O. The number of allylic oxidation sites excluding steroid dienone is 4. The zero-order valence-electron chi connectivity index (χ0n) is 37.7. The van der Waals surface area contributed by atoms with Crippen molar-refractivity contribution in [2.75, 3.05) is 0 Å². The highest BCUT2D eigenvalue weighted by atomic mass is 32.2. The molecule has 6 aliphatic rings. The largest absolute Gasteiger partial charge is 0.504 e. The molecule has 0 bridgehead atoms. The van der Waals surface area contributed by atoms with Crippen molar-refractivity contribution in [3.63, 3.8) is 0 Å². The maximum Gasteiger partial charge on any atom is 0.259 e. The number of guanidine groups is 2. The van der Waals surface area contributed by atoms with Crippen LogP contribution in [0.3, 0.4) is 0 Å². The molecule has 358 valence electrons. The molecule has 0 aromatic rings. The van der Waals surface area contributed by atoms with Crippen LogP contribution in [0.5, 0.6) is 0 Å². The third-order valence-corrected chi connectivity index (χ3v) is 18.8. The maximum atomic E-state index is 14.2. The molecule has 10 unspecified atom stereocenters. The highest BCUT2D eigenvalue weighted by molar-refractivity contribution is 7.91. The summed E-state index contributed by atoms with van der Waals surface area (Å²) in [6, 6.07) is -0.408. The number of aliphatic hydroxyl groups excluding tert-OH is 4. The van der Waals surface area contributed by atoms with Crippen LogP contribution in [0, 0.1) is 59.2 Å². The average Bonchev–Trinajstić information content (AvgIpc) is 3.19. The Kier molecular flexibility index (Phi) is 14.6. The van der Waals surface area contributed by atoms with Gasteiger partial charge in [0.05, 0.1) is 22.7 Å². The van der Waals surface area contributed by atoms with Gasteiger partial charge < -0.3 is 54.0 Å². The van der Waals surface area contributed by atoms with E-state index in [-0.39, 0.29) is 95.9 Å². The molecule has 0 amide bonds. The third kappa shape index (κ3) is 9.56. The van der Waals surface area contributed by atoms with Crippen LogP contribution in [0.25, 0.3) is 0 Å². The minimum atomic E-state index is -3.89. The Morgan fingerprint density at radius 3 is 1.20 bits per heavy atom. The molecule has 0 saturated heterocycles. The quantitative estimate of drug-likeness (QED) is 0.0808. The molecule has 14 N–H and O–H groups in total. The minimum absolute atomic E-state index is 0.190. The van der Waals surface area contributed by atoms with Crippen LogP contribution in [0.2, 0.25) is 0 Å². The van der Waals surface area contributed by atoms with Crippen LogP contribution in [-0.4, -0.2) is 95.5 Å². The molecule has 0 aromatic heterocycles. The predicted molar refractivity (Wildman–Crippen MR) is 243 cm³/mol. The monoisotopic (exact) mass is 934 g/mol. The van der Waals surface area contributed by atoms with Gasteiger partial charge in [0.1, 0.15) is 0 Å². The number of Topliss-reactive ketones (excluding diaryl/α,β-unsaturated/α-hetero) is 2. The van der Waals surface area contributed by atoms with Crippen molar-refractivity contribution in [2.24, 2.45) is 90.9 Å². The lowest BCUT2D eigenvalue weighted by Gasteiger charge is -2.56. The zero-order valence-corrected chi connectivity index (χ0v) is 39.4. The average molecular weight is 935 g/mol. The van der Waals surface area contributed by atoms with Crippen molar-refractivity contribution >= 4 is 43.5 Å². The second-order valence-electron chi connectivity index (χ2n) is 19.9. The van der Waals surface area contributed by atoms with Crippen molar-refractivity contribution in [1.82, 2.24) is 10.6 Å². The summed E-state index contributed by atoms with van der Waals surface area (Å²) < 4.78 is 57.6. The zero-order chi connectivity index (χ0) is 47.3. The minimum Gasteiger partial charge on any atom is -0.504 e. The number of nitrogens with one attached hydrogen (secondary N) is 2. The van der Waals surface area contributed by atoms with Gasteiger partial charge in [0.25, 0.3) is 20.0 Å². The van der Waals surface area contributed by atoms with E-state index in [4.69, 9.17) is 22.9 Å². The van der Waals surface area contributed by atoms with E-state index in [0.717, 1.165) is 0 Å². The van der Waals surface area contributed by atoms with Gasteiger partial charge in [0.15, 0.2) is 11.5 Å². The van der Waals surface area contributed by atoms with Crippen molar-refractivity contribution in [1.29, 1.82) is 0 Å². The standard InChI is InChI=1S/C44H70N8O10S2/c1-19(2)31-27-15-21(5)33(39(55)35(27)29(37(53)41(31)57)17-49-23-7-11-25(12-8-23)63(59,60)51-43(45)46)34-22(6)16-28-32(20(3)4)42(58)38(54)30(36(28)40(34)56)18-50-24-9-13-26(14-10-24)64(61,62)52-44(47)48/h17-28,33-36,39-40,49-50,55-58H,7-16H2,1-6H3,(H4,45,46,51)(H4,47,48,52)/b29-17-,30-18+. The van der Waals surface area contributed by atoms with Crippen molar-refractivity contribution in [2.45, 2.75) is 141 Å². The molecule has 64 heavy (non-hydrogen) atoms. The summed E-state index contributed by atoms with van der Waals surface area (Å²) >= 11 is 0. The fourth-order valence-corrected chi connectivity index (χ4v) is 15.1. The number of sulfonamides is 2. The molecule has 6 aliphatic carbocycles. The van der Waals surface area contributed by atoms with E-state index >= 15 is 0 Å². The first kappa shape index (κ1) is 49.3. The number of carbonyl (C=O) groups excluding carboxylic acids is 2. The van der Waals surface area contributed by atoms with Crippen LogP contribution in [0.15, 0.2) is 55.0 Å². The van der Waals surface area contributed by atoms with E-state index in [0.29, 0.717) is 49.7 Å². The van der Waals surface area contributed by atoms with Gasteiger partial charge in [-0.3, -0.25) is 9.59 Å². The number of hydrogen-bond acceptors (Lipinski definition) is 12. The Balaban J connectivity index is 1.30. The fourth-order valence-electron chi connectivity index (χ4n) is 12.5. The Hall–Kier alpha value is -4.14. The van der Waals surface area contributed by atoms with Gasteiger partial charge in [-0.2, -0.15) is 0 Å². The van der Waals surface area contributed by atoms with E-state index in [1.807, 2.05) is 41.5 Å². The summed E-state index contributed by atoms with van der Waals surface area (Å²) in [6.45, 7) is 11.7. The normalized spacial score (nSPS) is 37.7. The van der Waals surface area contributed by atoms with Gasteiger partial charge in [0.2, 0.25) is 23.5 Å². The number of nitrogens with zero attached hydrogens (tertiary/aromatic N) is 2. The second kappa shape index (κ2) is 19.0. The highest BCUT2D eigenvalue weighted by Gasteiger charge is 2.59. The topological polar surface area (TPSA) is 336 Å². The summed E-state index contributed by atoms with van der Waals surface area (Å²) in [6.07, 6.45) is 4.82. The van der Waals surface area contributed by atoms with E-state index in [1.165, 1.54) is 0 Å². The second-order valence-corrected chi connectivity index (χ2v) is 23.7. The number of carbonyl (C=O) groups is 2. The Morgan fingerprint density at radius 1 is 0.609 bits per heavy atom. The van der Waals surface area contributed by atoms with Gasteiger partial charge in [-0.05, 0) is 123 Å². The highest BCUT2D eigenvalue weighted by Crippen LogP contribution is 2.58. The first-order valence-corrected chi connectivity index (χ1v) is 25.8. The lowest BCUT2D eigenvalue weighted by Crippen LogP contribution is -2.58. The molecule has 6 rings (SSSR count). The first-order chi connectivity index (χ1) is 29.9. The molecule has 0 aliphatic heterocycles. The smallest absolute Gasteiger partial charge is 0.259 e. The number of fused-ring (bicyclic) bond motifs is 2. The van der Waals surface area contributed by atoms with E-state index in [2.05, 4.69) is 19.4 Å². The molecule has 4 fully saturated rings. The van der Waals surface area contributed by atoms with Crippen molar-refractivity contribution in [3.05, 3.63) is 46.2 Å². The molecule has 20 heteroatoms. The molecule has 4 saturated carbocycles. The summed E-state index contributed by atoms with van der Waals surface area (Å²) in [4.78, 5) is 28.4. The molecule has 18 nitrogen and oxygen atoms in total. The molecule has 0 spiro atoms. The Bertz CT molecular complexity index is 2070. The fraction of sp³-hybridized carbons (Fsp3) is 0.727. The Labute approximate surface area is 377 Å². The van der Waals surface area contributed by atoms with Crippen LogP contribution < -0.4 is 33.6 Å². The van der Waals surface area contributed by atoms with E-state index in [1.54, 1.807) is 12.4 Å². The number of nitrogens with two attached hydrogens (primary N) is 4. The van der Waals surface area contributed by atoms with Crippen LogP contribution in [0.1, 0.15) is 106 Å². The van der Waals surface area contributed by atoms with Gasteiger partial charge >= 0.3 is 0 Å². The number of aliphatic hydroxyl groups is 4. The molecule has 0 heterocycles. The van der Waals surface area contributed by atoms with Crippen molar-refractivity contribution in [3.8, 4) is 0 Å². The lowest BCUT2D eigenvalue weighted by atomic mass is 9.50. The van der Waals surface area contributed by atoms with Gasteiger partial charge in [-0.25, -0.2) is 16.8 Å². The van der Waals surface area contributed by atoms with E-state index in [9.17, 15) is 46.9 Å². The summed E-state index contributed by atoms with van der Waals surface area (Å²) in [5, 5.41) is 53.6. The van der Waals surface area contributed by atoms with Gasteiger partial charge in [0, 0.05) is 47.5 Å². The maximum absolute atomic E-state index is 14.2. The van der Waals surface area contributed by atoms with Crippen LogP contribution >= 0.6 is 0 Å². The molecular weight excluding hydrogens is 865 g/mol. The van der Waals surface area contributed by atoms with Gasteiger partial charge in [-0.1, -0.05) is 41.5 Å². The van der Waals surface area contributed by atoms with Crippen molar-refractivity contribution < 1.29 is 46.9 Å². The molecule has 0 radical (unpaired) electrons. The summed E-state index contributed by atoms with van der Waals surface area (Å²) in [5.41, 5.74) is 23.0. The third-order valence-electron chi connectivity index (χ3n) is 15.3. The summed E-state index contributed by atoms with van der Waals surface area (Å²) in [5.74, 6) is -7.01. The number of ketones is 2. The Morgan fingerprint density at radius 2 is 0.922 bits per heavy atom. The summed E-state index contributed by atoms with van der Waals surface area (Å²) in [7, 11) is -7.78. The molecular formula is C44H70N8O10S2. The predicted octanol–water partition coefficient (Wildman–Crippen LogP) is 2.36. The number of rotatable bonds is 11. The van der Waals surface area contributed by atoms with Crippen LogP contribution in [-0.2, 0) is 29.6 Å². The van der Waals surface area contributed by atoms with Gasteiger partial charge in [-0.15, -0.1) is 8.80 Å². The first-order valence-electron chi connectivity index (χ1n) is 22.8. The number of hydrogen-bond donors (Lipinski definition) is 10. The lowest BCUT2D eigenvalue weighted by molar-refractivity contribution is -0.135. The molecule has 10 atom stereocenters. The molecule has 0 aromatic carbocycles. The van der Waals surface area contributed by atoms with Crippen LogP contribution in [0.4, 0.5) is 0 Å².